The molecule has 1 saturated heterocycles. The Morgan fingerprint density at radius 1 is 1.37 bits per heavy atom. The monoisotopic (exact) mass is 566 g/mol. The first-order chi connectivity index (χ1) is 18.1. The molecule has 2 aromatic rings. The zero-order chi connectivity index (χ0) is 27.6. The first kappa shape index (κ1) is 26.7. The maximum absolute atomic E-state index is 13.0. The van der Waals surface area contributed by atoms with E-state index in [0.717, 1.165) is 16.4 Å². The molecule has 0 spiro atoms. The van der Waals surface area contributed by atoms with Gasteiger partial charge in [0.2, 0.25) is 11.5 Å². The van der Waals surface area contributed by atoms with Crippen LogP contribution in [0.5, 0.6) is 0 Å². The third kappa shape index (κ3) is 5.18. The smallest absolute Gasteiger partial charge is 0.404 e. The van der Waals surface area contributed by atoms with Gasteiger partial charge in [-0.2, -0.15) is 9.36 Å². The Balaban J connectivity index is 1.51. The van der Waals surface area contributed by atoms with Crippen LogP contribution in [0.25, 0.3) is 0 Å². The molecule has 0 radical (unpaired) electrons. The molecule has 38 heavy (non-hydrogen) atoms. The summed E-state index contributed by atoms with van der Waals surface area (Å²) < 4.78 is 11.8. The number of carbonyl (C=O) groups excluding carboxylic acids is 4. The lowest BCUT2D eigenvalue weighted by molar-refractivity contribution is -0.767. The number of β-lactam (4-membered cyclic amide) rings is 1. The summed E-state index contributed by atoms with van der Waals surface area (Å²) >= 11 is 2.11. The quantitative estimate of drug-likeness (QED) is 0.0940. The molecule has 3 amide bonds. The molecule has 17 nitrogen and oxygen atoms in total. The van der Waals surface area contributed by atoms with Crippen LogP contribution in [-0.2, 0) is 37.0 Å². The Morgan fingerprint density at radius 2 is 2.13 bits per heavy atom. The summed E-state index contributed by atoms with van der Waals surface area (Å²) in [5.74, 6) is -2.52. The number of nitrogens with one attached hydrogen (secondary N) is 1. The number of fused-ring (bicyclic) bond motifs is 1. The molecule has 2 atom stereocenters. The van der Waals surface area contributed by atoms with Crippen molar-refractivity contribution in [3.8, 4) is 0 Å². The minimum atomic E-state index is -1.55. The number of rotatable bonds is 10. The number of primary amides is 1. The number of thioether (sulfide) groups is 1. The van der Waals surface area contributed by atoms with Gasteiger partial charge in [0.15, 0.2) is 23.7 Å². The van der Waals surface area contributed by atoms with Crippen LogP contribution in [0.3, 0.4) is 0 Å². The Hall–Kier alpha value is -4.39. The number of carbonyl (C=O) groups is 4. The van der Waals surface area contributed by atoms with Gasteiger partial charge < -0.3 is 42.0 Å². The van der Waals surface area contributed by atoms with Crippen LogP contribution in [0.2, 0.25) is 0 Å². The number of nitrogens with zero attached hydrogens (tertiary/aromatic N) is 6. The number of amides is 3. The van der Waals surface area contributed by atoms with Gasteiger partial charge in [-0.3, -0.25) is 14.5 Å². The fourth-order valence-electron chi connectivity index (χ4n) is 3.91. The van der Waals surface area contributed by atoms with Gasteiger partial charge in [0.25, 0.3) is 11.8 Å². The number of hydrogen-bond acceptors (Lipinski definition) is 14. The van der Waals surface area contributed by atoms with E-state index in [-0.39, 0.29) is 47.8 Å². The number of nitrogen functional groups attached to an aromatic ring is 2. The van der Waals surface area contributed by atoms with Gasteiger partial charge in [0, 0.05) is 22.9 Å². The van der Waals surface area contributed by atoms with Crippen LogP contribution in [0.15, 0.2) is 28.7 Å². The number of nitrogens with two attached hydrogens (primary N) is 3. The molecule has 1 fully saturated rings. The SMILES string of the molecule is CON=C(C(=O)N[C@@H]1C(=O)N2C(C(=O)[O-])=C(C[n+]3ccc(N)n3CCOC(N)=O)CS[C@H]12)c1nsc(N)n1. The summed E-state index contributed by atoms with van der Waals surface area (Å²) in [4.78, 5) is 58.5. The zero-order valence-electron chi connectivity index (χ0n) is 19.7. The first-order valence-corrected chi connectivity index (χ1v) is 12.6. The van der Waals surface area contributed by atoms with E-state index < -0.39 is 35.3 Å². The summed E-state index contributed by atoms with van der Waals surface area (Å²) in [5, 5.41) is 17.7. The third-order valence-corrected chi connectivity index (χ3v) is 7.39. The Kier molecular flexibility index (Phi) is 7.67. The van der Waals surface area contributed by atoms with Gasteiger partial charge in [-0.05, 0) is 0 Å². The molecule has 0 unspecified atom stereocenters. The van der Waals surface area contributed by atoms with Gasteiger partial charge in [-0.25, -0.2) is 4.79 Å². The summed E-state index contributed by atoms with van der Waals surface area (Å²) in [6.07, 6.45) is 0.678. The molecule has 19 heteroatoms. The minimum absolute atomic E-state index is 0.0547. The fourth-order valence-corrected chi connectivity index (χ4v) is 5.68. The summed E-state index contributed by atoms with van der Waals surface area (Å²) in [5.41, 5.74) is 16.3. The molecular weight excluding hydrogens is 544 g/mol. The van der Waals surface area contributed by atoms with Gasteiger partial charge in [0.1, 0.15) is 31.7 Å². The number of hydrogen-bond donors (Lipinski definition) is 4. The van der Waals surface area contributed by atoms with E-state index in [4.69, 9.17) is 26.8 Å². The molecule has 7 N–H and O–H groups in total. The molecule has 2 aliphatic rings. The number of carboxylic acid groups (broad SMARTS) is 1. The van der Waals surface area contributed by atoms with Crippen molar-refractivity contribution in [2.24, 2.45) is 10.9 Å². The number of carboxylic acids is 1. The summed E-state index contributed by atoms with van der Waals surface area (Å²) in [6, 6.07) is 0.548. The molecule has 4 rings (SSSR count). The predicted octanol–water partition coefficient (Wildman–Crippen LogP) is -3.66. The normalized spacial score (nSPS) is 19.0. The maximum atomic E-state index is 13.0. The Bertz CT molecular complexity index is 1350. The average molecular weight is 567 g/mol. The van der Waals surface area contributed by atoms with Crippen molar-refractivity contribution in [1.82, 2.24) is 24.3 Å². The minimum Gasteiger partial charge on any atom is -0.543 e. The van der Waals surface area contributed by atoms with Gasteiger partial charge >= 0.3 is 6.09 Å². The van der Waals surface area contributed by atoms with Crippen molar-refractivity contribution in [1.29, 1.82) is 0 Å². The topological polar surface area (TPSA) is 250 Å². The molecule has 2 aliphatic heterocycles. The van der Waals surface area contributed by atoms with E-state index in [9.17, 15) is 24.3 Å². The fraction of sp³-hybridized carbons (Fsp3) is 0.368. The highest BCUT2D eigenvalue weighted by Crippen LogP contribution is 2.40. The Morgan fingerprint density at radius 3 is 2.76 bits per heavy atom. The van der Waals surface area contributed by atoms with Crippen molar-refractivity contribution in [3.05, 3.63) is 29.4 Å². The van der Waals surface area contributed by atoms with Crippen LogP contribution in [0.1, 0.15) is 5.82 Å². The van der Waals surface area contributed by atoms with E-state index in [2.05, 4.69) is 19.8 Å². The van der Waals surface area contributed by atoms with E-state index in [1.165, 1.54) is 18.9 Å². The van der Waals surface area contributed by atoms with Crippen LogP contribution in [-0.4, -0.2) is 79.4 Å². The highest BCUT2D eigenvalue weighted by molar-refractivity contribution is 8.00. The molecule has 202 valence electrons. The van der Waals surface area contributed by atoms with Crippen molar-refractivity contribution < 1.29 is 38.5 Å². The highest BCUT2D eigenvalue weighted by Gasteiger charge is 2.53. The van der Waals surface area contributed by atoms with E-state index in [1.54, 1.807) is 21.6 Å². The molecule has 2 aromatic heterocycles. The largest absolute Gasteiger partial charge is 0.543 e. The lowest BCUT2D eigenvalue weighted by Gasteiger charge is -2.50. The zero-order valence-corrected chi connectivity index (χ0v) is 21.4. The Labute approximate surface area is 222 Å². The second kappa shape index (κ2) is 10.9. The van der Waals surface area contributed by atoms with E-state index in [1.807, 2.05) is 0 Å². The lowest BCUT2D eigenvalue weighted by Crippen LogP contribution is -2.71. The van der Waals surface area contributed by atoms with Gasteiger partial charge in [-0.1, -0.05) is 5.16 Å². The van der Waals surface area contributed by atoms with E-state index >= 15 is 0 Å². The van der Waals surface area contributed by atoms with Crippen molar-refractivity contribution in [2.75, 3.05) is 30.9 Å². The summed E-state index contributed by atoms with van der Waals surface area (Å²) in [7, 11) is 1.22. The summed E-state index contributed by atoms with van der Waals surface area (Å²) in [6.45, 7) is 0.160. The molecular formula is C19H22N10O7S2. The third-order valence-electron chi connectivity index (χ3n) is 5.50. The van der Waals surface area contributed by atoms with Crippen molar-refractivity contribution in [3.63, 3.8) is 0 Å². The number of aromatic nitrogens is 4. The molecule has 0 aliphatic carbocycles. The van der Waals surface area contributed by atoms with Crippen LogP contribution < -0.4 is 32.3 Å². The molecule has 0 aromatic carbocycles. The van der Waals surface area contributed by atoms with Crippen LogP contribution >= 0.6 is 23.3 Å². The van der Waals surface area contributed by atoms with Crippen LogP contribution in [0.4, 0.5) is 15.7 Å². The second-order valence-electron chi connectivity index (χ2n) is 7.81. The van der Waals surface area contributed by atoms with Crippen LogP contribution in [0, 0.1) is 0 Å². The number of aliphatic carboxylic acids is 1. The van der Waals surface area contributed by atoms with Crippen molar-refractivity contribution >= 4 is 63.8 Å². The first-order valence-electron chi connectivity index (χ1n) is 10.8. The van der Waals surface area contributed by atoms with Gasteiger partial charge in [-0.15, -0.1) is 21.1 Å². The highest BCUT2D eigenvalue weighted by atomic mass is 32.2. The molecule has 4 heterocycles. The number of ether oxygens (including phenoxy) is 1. The lowest BCUT2D eigenvalue weighted by atomic mass is 10.0. The maximum Gasteiger partial charge on any atom is 0.404 e. The molecule has 0 saturated carbocycles. The van der Waals surface area contributed by atoms with Crippen molar-refractivity contribution in [2.45, 2.75) is 24.5 Å². The molecule has 0 bridgehead atoms. The predicted molar refractivity (Wildman–Crippen MR) is 129 cm³/mol. The standard InChI is InChI=1S/C19H22N10O7S2/c1-35-25-10(13-24-18(21)38-26-13)14(30)23-11-15(31)29-12(17(32)33)8(7-37-16(11)29)6-27-3-2-9(20)28(27)4-5-36-19(22)34/h2-3,11,16,20H,4-7H2,1H3,(H6,21,22,23,24,26,30,32,33,34)/t11-,16-/m1/s1. The van der Waals surface area contributed by atoms with Gasteiger partial charge in [0.05, 0.1) is 17.7 Å². The second-order valence-corrected chi connectivity index (χ2v) is 9.70. The van der Waals surface area contributed by atoms with E-state index in [0.29, 0.717) is 11.4 Å². The number of oxime groups is 1. The average Bonchev–Trinajstić information content (AvgIpc) is 3.45. The number of anilines is 2.